The first-order valence-corrected chi connectivity index (χ1v) is 9.68. The molecule has 2 heterocycles. The summed E-state index contributed by atoms with van der Waals surface area (Å²) in [4.78, 5) is 4.40. The summed E-state index contributed by atoms with van der Waals surface area (Å²) in [6.07, 6.45) is -0.339. The second kappa shape index (κ2) is 8.35. The molecule has 0 saturated carbocycles. The molecular formula is C22H23F4N3. The topological polar surface area (TPSA) is 30.7 Å². The van der Waals surface area contributed by atoms with Gasteiger partial charge in [0.05, 0.1) is 11.3 Å². The predicted molar refractivity (Wildman–Crippen MR) is 104 cm³/mol. The number of alkyl halides is 3. The van der Waals surface area contributed by atoms with E-state index in [9.17, 15) is 17.6 Å². The van der Waals surface area contributed by atoms with Crippen molar-refractivity contribution in [3.05, 3.63) is 76.0 Å². The molecule has 0 aliphatic carbocycles. The zero-order valence-corrected chi connectivity index (χ0v) is 16.6. The fourth-order valence-corrected chi connectivity index (χ4v) is 3.62. The number of rotatable bonds is 6. The molecule has 3 rings (SSSR count). The van der Waals surface area contributed by atoms with Crippen LogP contribution in [0.15, 0.2) is 36.5 Å². The van der Waals surface area contributed by atoms with E-state index in [1.165, 1.54) is 5.56 Å². The highest BCUT2D eigenvalue weighted by Gasteiger charge is 2.31. The number of halogens is 4. The molecule has 0 spiro atoms. The summed E-state index contributed by atoms with van der Waals surface area (Å²) in [5.74, 6) is -0.286. The van der Waals surface area contributed by atoms with Crippen LogP contribution in [0.4, 0.5) is 17.6 Å². The minimum atomic E-state index is -4.58. The van der Waals surface area contributed by atoms with Crippen molar-refractivity contribution in [2.75, 3.05) is 0 Å². The van der Waals surface area contributed by atoms with Crippen molar-refractivity contribution in [1.29, 1.82) is 0 Å². The van der Waals surface area contributed by atoms with Crippen molar-refractivity contribution < 1.29 is 17.6 Å². The fraction of sp³-hybridized carbons (Fsp3) is 0.364. The summed E-state index contributed by atoms with van der Waals surface area (Å²) in [6.45, 7) is 6.20. The van der Waals surface area contributed by atoms with Gasteiger partial charge in [0, 0.05) is 11.9 Å². The molecule has 0 aliphatic heterocycles. The lowest BCUT2D eigenvalue weighted by atomic mass is 10.0. The number of pyridine rings is 1. The maximum Gasteiger partial charge on any atom is 0.416 e. The quantitative estimate of drug-likeness (QED) is 0.492. The molecule has 0 amide bonds. The van der Waals surface area contributed by atoms with Crippen molar-refractivity contribution in [2.45, 2.75) is 52.6 Å². The van der Waals surface area contributed by atoms with E-state index in [0.717, 1.165) is 48.3 Å². The highest BCUT2D eigenvalue weighted by molar-refractivity contribution is 5.38. The zero-order chi connectivity index (χ0) is 21.2. The first kappa shape index (κ1) is 21.0. The molecule has 154 valence electrons. The fourth-order valence-electron chi connectivity index (χ4n) is 3.62. The van der Waals surface area contributed by atoms with Crippen molar-refractivity contribution in [3.8, 4) is 5.82 Å². The SMILES string of the molecule is CCc1nn(-c2cc(Cc3cc(F)cc(C(F)(F)F)c3)ccn2)c(CC)c1CC. The average molecular weight is 405 g/mol. The maximum absolute atomic E-state index is 13.7. The molecule has 1 aromatic carbocycles. The largest absolute Gasteiger partial charge is 0.416 e. The smallest absolute Gasteiger partial charge is 0.237 e. The second-order valence-electron chi connectivity index (χ2n) is 6.89. The minimum Gasteiger partial charge on any atom is -0.237 e. The average Bonchev–Trinajstić information content (AvgIpc) is 3.04. The predicted octanol–water partition coefficient (Wildman–Crippen LogP) is 5.70. The van der Waals surface area contributed by atoms with Crippen LogP contribution in [0.25, 0.3) is 5.82 Å². The van der Waals surface area contributed by atoms with Gasteiger partial charge in [0.15, 0.2) is 5.82 Å². The van der Waals surface area contributed by atoms with Crippen molar-refractivity contribution in [1.82, 2.24) is 14.8 Å². The van der Waals surface area contributed by atoms with E-state index in [1.54, 1.807) is 18.3 Å². The Hall–Kier alpha value is -2.70. The van der Waals surface area contributed by atoms with Crippen molar-refractivity contribution >= 4 is 0 Å². The van der Waals surface area contributed by atoms with E-state index in [0.29, 0.717) is 11.9 Å². The molecule has 0 N–H and O–H groups in total. The lowest BCUT2D eigenvalue weighted by molar-refractivity contribution is -0.137. The molecule has 0 aliphatic rings. The lowest BCUT2D eigenvalue weighted by Crippen LogP contribution is -2.07. The number of aryl methyl sites for hydroxylation is 1. The monoisotopic (exact) mass is 405 g/mol. The van der Waals surface area contributed by atoms with Crippen LogP contribution in [0.5, 0.6) is 0 Å². The number of nitrogens with zero attached hydrogens (tertiary/aromatic N) is 3. The van der Waals surface area contributed by atoms with E-state index >= 15 is 0 Å². The maximum atomic E-state index is 13.7. The summed E-state index contributed by atoms with van der Waals surface area (Å²) in [7, 11) is 0. The Morgan fingerprint density at radius 2 is 1.69 bits per heavy atom. The summed E-state index contributed by atoms with van der Waals surface area (Å²) in [5, 5.41) is 4.69. The minimum absolute atomic E-state index is 0.167. The Kier molecular flexibility index (Phi) is 6.05. The first-order valence-electron chi connectivity index (χ1n) is 9.68. The van der Waals surface area contributed by atoms with Crippen LogP contribution in [0.3, 0.4) is 0 Å². The summed E-state index contributed by atoms with van der Waals surface area (Å²) in [6, 6.07) is 6.14. The van der Waals surface area contributed by atoms with E-state index in [2.05, 4.69) is 25.8 Å². The van der Waals surface area contributed by atoms with Gasteiger partial charge in [-0.05, 0) is 72.7 Å². The third kappa shape index (κ3) is 4.49. The van der Waals surface area contributed by atoms with Gasteiger partial charge < -0.3 is 0 Å². The van der Waals surface area contributed by atoms with Gasteiger partial charge in [-0.3, -0.25) is 0 Å². The van der Waals surface area contributed by atoms with E-state index in [1.807, 2.05) is 4.68 Å². The van der Waals surface area contributed by atoms with Gasteiger partial charge in [0.2, 0.25) is 0 Å². The van der Waals surface area contributed by atoms with Gasteiger partial charge in [-0.2, -0.15) is 18.3 Å². The van der Waals surface area contributed by atoms with E-state index in [-0.39, 0.29) is 12.0 Å². The van der Waals surface area contributed by atoms with Crippen LogP contribution in [-0.2, 0) is 31.9 Å². The van der Waals surface area contributed by atoms with Gasteiger partial charge in [-0.15, -0.1) is 0 Å². The van der Waals surface area contributed by atoms with Crippen LogP contribution >= 0.6 is 0 Å². The molecule has 7 heteroatoms. The van der Waals surface area contributed by atoms with Gasteiger partial charge in [-0.25, -0.2) is 14.1 Å². The number of benzene rings is 1. The molecule has 0 bridgehead atoms. The van der Waals surface area contributed by atoms with Crippen LogP contribution < -0.4 is 0 Å². The van der Waals surface area contributed by atoms with Crippen molar-refractivity contribution in [2.24, 2.45) is 0 Å². The molecule has 0 radical (unpaired) electrons. The Morgan fingerprint density at radius 1 is 0.931 bits per heavy atom. The van der Waals surface area contributed by atoms with E-state index < -0.39 is 17.6 Å². The molecule has 0 atom stereocenters. The third-order valence-electron chi connectivity index (χ3n) is 4.92. The molecule has 3 nitrogen and oxygen atoms in total. The van der Waals surface area contributed by atoms with Crippen molar-refractivity contribution in [3.63, 3.8) is 0 Å². The lowest BCUT2D eigenvalue weighted by Gasteiger charge is -2.11. The third-order valence-corrected chi connectivity index (χ3v) is 4.92. The summed E-state index contributed by atoms with van der Waals surface area (Å²) in [5.41, 5.74) is 3.33. The van der Waals surface area contributed by atoms with Crippen LogP contribution in [0, 0.1) is 5.82 Å². The molecule has 29 heavy (non-hydrogen) atoms. The standard InChI is InChI=1S/C22H23F4N3/c1-4-18-19(5-2)28-29(20(18)6-3)21-12-14(7-8-27-21)9-15-10-16(22(24,25)26)13-17(23)11-15/h7-8,10-13H,4-6,9H2,1-3H3. The Balaban J connectivity index is 1.98. The van der Waals surface area contributed by atoms with Gasteiger partial charge in [0.25, 0.3) is 0 Å². The van der Waals surface area contributed by atoms with Crippen LogP contribution in [0.1, 0.15) is 54.4 Å². The molecule has 2 aromatic heterocycles. The molecule has 3 aromatic rings. The second-order valence-corrected chi connectivity index (χ2v) is 6.89. The Morgan fingerprint density at radius 3 is 2.31 bits per heavy atom. The van der Waals surface area contributed by atoms with Gasteiger partial charge >= 0.3 is 6.18 Å². The summed E-state index contributed by atoms with van der Waals surface area (Å²) < 4.78 is 54.4. The molecule has 0 saturated heterocycles. The Labute approximate surface area is 167 Å². The highest BCUT2D eigenvalue weighted by atomic mass is 19.4. The van der Waals surface area contributed by atoms with Gasteiger partial charge in [0.1, 0.15) is 5.82 Å². The Bertz CT molecular complexity index is 1010. The van der Waals surface area contributed by atoms with Crippen LogP contribution in [0.2, 0.25) is 0 Å². The highest BCUT2D eigenvalue weighted by Crippen LogP contribution is 2.31. The molecule has 0 fully saturated rings. The molecular weight excluding hydrogens is 382 g/mol. The first-order chi connectivity index (χ1) is 13.8. The number of hydrogen-bond acceptors (Lipinski definition) is 2. The normalized spacial score (nSPS) is 11.8. The van der Waals surface area contributed by atoms with E-state index in [4.69, 9.17) is 5.10 Å². The number of hydrogen-bond donors (Lipinski definition) is 0. The zero-order valence-electron chi connectivity index (χ0n) is 16.6. The van der Waals surface area contributed by atoms with Gasteiger partial charge in [-0.1, -0.05) is 20.8 Å². The number of aromatic nitrogens is 3. The summed E-state index contributed by atoms with van der Waals surface area (Å²) >= 11 is 0. The molecule has 0 unspecified atom stereocenters. The van der Waals surface area contributed by atoms with Crippen LogP contribution in [-0.4, -0.2) is 14.8 Å².